The molecule has 1 aliphatic carbocycles. The molecule has 0 saturated heterocycles. The van der Waals surface area contributed by atoms with Gasteiger partial charge in [-0.05, 0) is 79.1 Å². The summed E-state index contributed by atoms with van der Waals surface area (Å²) in [4.78, 5) is 0. The Morgan fingerprint density at radius 1 is 0.288 bits per heavy atom. The number of para-hydroxylation sites is 9. The molecule has 73 heavy (non-hydrogen) atoms. The Bertz CT molecular complexity index is 4720. The molecule has 5 aromatic heterocycles. The second-order valence-corrected chi connectivity index (χ2v) is 19.4. The first-order chi connectivity index (χ1) is 36.3. The first kappa shape index (κ1) is 40.0. The Kier molecular flexibility index (Phi) is 8.26. The lowest BCUT2D eigenvalue weighted by Crippen LogP contribution is -2.19. The number of benzene rings is 10. The second-order valence-electron chi connectivity index (χ2n) is 19.4. The van der Waals surface area contributed by atoms with Crippen molar-refractivity contribution in [2.24, 2.45) is 0 Å². The van der Waals surface area contributed by atoms with Crippen LogP contribution in [-0.4, -0.2) is 22.8 Å². The highest BCUT2D eigenvalue weighted by Gasteiger charge is 2.36. The summed E-state index contributed by atoms with van der Waals surface area (Å²) in [6.45, 7) is 0. The Morgan fingerprint density at radius 3 is 0.849 bits per heavy atom. The molecule has 1 aliphatic rings. The molecule has 6 nitrogen and oxygen atoms in total. The minimum atomic E-state index is 0.556. The molecule has 0 unspecified atom stereocenters. The average Bonchev–Trinajstić information content (AvgIpc) is 4.25. The highest BCUT2D eigenvalue weighted by atomic mass is 15.2. The molecular weight excluding hydrogens is 889 g/mol. The van der Waals surface area contributed by atoms with E-state index < -0.39 is 0 Å². The monoisotopic (exact) mass is 930 g/mol. The van der Waals surface area contributed by atoms with Crippen molar-refractivity contribution >= 4 is 104 Å². The predicted octanol–water partition coefficient (Wildman–Crippen LogP) is 16.8. The van der Waals surface area contributed by atoms with E-state index in [1.165, 1.54) is 10.9 Å². The van der Waals surface area contributed by atoms with Gasteiger partial charge in [-0.1, -0.05) is 170 Å². The molecular formula is C67H42N6. The molecule has 0 fully saturated rings. The summed E-state index contributed by atoms with van der Waals surface area (Å²) >= 11 is 0. The number of nitrogens with zero attached hydrogens (tertiary/aromatic N) is 6. The fourth-order valence-electron chi connectivity index (χ4n) is 12.9. The zero-order valence-electron chi connectivity index (χ0n) is 39.5. The number of aromatic nitrogens is 5. The number of allylic oxidation sites excluding steroid dienone is 1. The lowest BCUT2D eigenvalue weighted by atomic mass is 10.00. The van der Waals surface area contributed by atoms with Crippen molar-refractivity contribution in [2.45, 2.75) is 12.8 Å². The minimum Gasteiger partial charge on any atom is -0.306 e. The van der Waals surface area contributed by atoms with Gasteiger partial charge in [-0.3, -0.25) is 0 Å². The maximum absolute atomic E-state index is 12.9. The fraction of sp³-hybridized carbons (Fsp3) is 0.0299. The van der Waals surface area contributed by atoms with Crippen LogP contribution in [0.1, 0.15) is 23.2 Å². The van der Waals surface area contributed by atoms with Crippen LogP contribution >= 0.6 is 0 Å². The highest BCUT2D eigenvalue weighted by Crippen LogP contribution is 2.51. The third-order valence-electron chi connectivity index (χ3n) is 15.8. The van der Waals surface area contributed by atoms with Gasteiger partial charge in [0, 0.05) is 54.2 Å². The number of rotatable bonds is 5. The predicted molar refractivity (Wildman–Crippen MR) is 303 cm³/mol. The quantitative estimate of drug-likeness (QED) is 0.170. The molecule has 0 bridgehead atoms. The standard InChI is InChI=1S/C67H42N6/c68-41-52-63(69-53-31-11-1-21-42(53)43-22-2-12-32-54(43)69)65(71-57-35-15-5-25-46(57)47-26-6-16-36-58(47)71)67(73-61-39-19-9-29-50(61)51-30-10-20-40-62(51)73)66(72-59-37-17-7-27-48(59)49-28-8-18-38-60(49)72)64(52)70-55-33-13-3-23-44(55)45-24-4-14-34-56(45)70/h1-7,9-27,29-40H,8,28H2. The summed E-state index contributed by atoms with van der Waals surface area (Å²) in [7, 11) is 0. The number of hydrogen-bond donors (Lipinski definition) is 0. The molecule has 6 heteroatoms. The van der Waals surface area contributed by atoms with Crippen LogP contribution in [-0.2, 0) is 6.42 Å². The van der Waals surface area contributed by atoms with Gasteiger partial charge in [0.2, 0.25) is 0 Å². The van der Waals surface area contributed by atoms with Crippen molar-refractivity contribution in [3.8, 4) is 34.5 Å². The summed E-state index contributed by atoms with van der Waals surface area (Å²) in [5.41, 5.74) is 16.8. The smallest absolute Gasteiger partial charge is 0.105 e. The zero-order valence-corrected chi connectivity index (χ0v) is 39.5. The summed E-state index contributed by atoms with van der Waals surface area (Å²) in [6, 6.07) is 82.1. The first-order valence-electron chi connectivity index (χ1n) is 25.2. The Labute approximate surface area is 418 Å². The molecule has 10 aromatic carbocycles. The fourth-order valence-corrected chi connectivity index (χ4v) is 12.9. The molecule has 0 aliphatic heterocycles. The van der Waals surface area contributed by atoms with Gasteiger partial charge in [-0.2, -0.15) is 5.26 Å². The van der Waals surface area contributed by atoms with Crippen LogP contribution in [0.15, 0.2) is 224 Å². The number of hydrogen-bond acceptors (Lipinski definition) is 1. The molecule has 0 N–H and O–H groups in total. The van der Waals surface area contributed by atoms with Crippen molar-refractivity contribution in [2.75, 3.05) is 0 Å². The third-order valence-corrected chi connectivity index (χ3v) is 15.8. The first-order valence-corrected chi connectivity index (χ1v) is 25.2. The molecule has 0 radical (unpaired) electrons. The number of aryl methyl sites for hydroxylation is 1. The van der Waals surface area contributed by atoms with Gasteiger partial charge in [0.1, 0.15) is 11.6 Å². The summed E-state index contributed by atoms with van der Waals surface area (Å²) in [6.07, 6.45) is 6.50. The number of fused-ring (bicyclic) bond motifs is 15. The van der Waals surface area contributed by atoms with E-state index in [1.54, 1.807) is 0 Å². The van der Waals surface area contributed by atoms with Gasteiger partial charge in [0.15, 0.2) is 0 Å². The van der Waals surface area contributed by atoms with E-state index in [9.17, 15) is 5.26 Å². The van der Waals surface area contributed by atoms with Gasteiger partial charge < -0.3 is 22.8 Å². The molecule has 0 amide bonds. The summed E-state index contributed by atoms with van der Waals surface area (Å²) < 4.78 is 12.4. The highest BCUT2D eigenvalue weighted by molar-refractivity contribution is 6.16. The zero-order chi connectivity index (χ0) is 47.9. The van der Waals surface area contributed by atoms with Gasteiger partial charge in [-0.25, -0.2) is 0 Å². The third kappa shape index (κ3) is 5.30. The van der Waals surface area contributed by atoms with Crippen LogP contribution in [0.2, 0.25) is 0 Å². The number of nitriles is 1. The van der Waals surface area contributed by atoms with Gasteiger partial charge in [0.05, 0.1) is 78.1 Å². The maximum atomic E-state index is 12.9. The van der Waals surface area contributed by atoms with Gasteiger partial charge in [-0.15, -0.1) is 0 Å². The molecule has 340 valence electrons. The molecule has 0 saturated carbocycles. The van der Waals surface area contributed by atoms with Crippen molar-refractivity contribution in [1.29, 1.82) is 5.26 Å². The molecule has 5 heterocycles. The van der Waals surface area contributed by atoms with Crippen molar-refractivity contribution in [1.82, 2.24) is 22.8 Å². The van der Waals surface area contributed by atoms with E-state index in [0.717, 1.165) is 140 Å². The Hall–Kier alpha value is -9.83. The van der Waals surface area contributed by atoms with Gasteiger partial charge >= 0.3 is 0 Å². The SMILES string of the molecule is N#Cc1c(-n2c3ccccc3c3ccccc32)c(-n2c3c(c4ccccc42)CCC=C3)c(-n2c3ccccc3c3ccccc32)c(-n2c3ccccc3c3ccccc32)c1-n1c2ccccc2c2ccccc21. The second kappa shape index (κ2) is 15.1. The van der Waals surface area contributed by atoms with E-state index in [1.807, 2.05) is 0 Å². The Morgan fingerprint density at radius 2 is 0.534 bits per heavy atom. The Balaban J connectivity index is 1.31. The van der Waals surface area contributed by atoms with Crippen molar-refractivity contribution in [3.05, 3.63) is 241 Å². The maximum Gasteiger partial charge on any atom is 0.105 e. The normalized spacial score (nSPS) is 12.8. The van der Waals surface area contributed by atoms with Crippen molar-refractivity contribution in [3.63, 3.8) is 0 Å². The summed E-state index contributed by atoms with van der Waals surface area (Å²) in [5.74, 6) is 0. The van der Waals surface area contributed by atoms with Crippen LogP contribution in [0, 0.1) is 11.3 Å². The minimum absolute atomic E-state index is 0.556. The van der Waals surface area contributed by atoms with Crippen LogP contribution in [0.25, 0.3) is 133 Å². The molecule has 16 rings (SSSR count). The van der Waals surface area contributed by atoms with Crippen LogP contribution in [0.4, 0.5) is 0 Å². The van der Waals surface area contributed by atoms with Gasteiger partial charge in [0.25, 0.3) is 0 Å². The van der Waals surface area contributed by atoms with Crippen LogP contribution in [0.3, 0.4) is 0 Å². The van der Waals surface area contributed by atoms with Crippen LogP contribution < -0.4 is 0 Å². The largest absolute Gasteiger partial charge is 0.306 e. The molecule has 15 aromatic rings. The lowest BCUT2D eigenvalue weighted by molar-refractivity contribution is 0.944. The van der Waals surface area contributed by atoms with Crippen molar-refractivity contribution < 1.29 is 0 Å². The van der Waals surface area contributed by atoms with E-state index in [0.29, 0.717) is 5.56 Å². The van der Waals surface area contributed by atoms with Crippen LogP contribution in [0.5, 0.6) is 0 Å². The van der Waals surface area contributed by atoms with E-state index in [2.05, 4.69) is 259 Å². The van der Waals surface area contributed by atoms with E-state index >= 15 is 0 Å². The molecule has 0 spiro atoms. The summed E-state index contributed by atoms with van der Waals surface area (Å²) in [5, 5.41) is 23.1. The lowest BCUT2D eigenvalue weighted by Gasteiger charge is -2.30. The topological polar surface area (TPSA) is 48.4 Å². The molecule has 0 atom stereocenters. The van der Waals surface area contributed by atoms with E-state index in [4.69, 9.17) is 0 Å². The van der Waals surface area contributed by atoms with E-state index in [-0.39, 0.29) is 0 Å². The average molecular weight is 931 g/mol.